The minimum atomic E-state index is -1.21. The van der Waals surface area contributed by atoms with Crippen molar-refractivity contribution < 1.29 is 19.1 Å². The van der Waals surface area contributed by atoms with E-state index in [0.29, 0.717) is 4.34 Å². The van der Waals surface area contributed by atoms with E-state index < -0.39 is 11.9 Å². The standard InChI is InChI=1S/C12H10ClNO4S/c1-6(9-4-5-10(13)19-9)14-11(15)7-2-3-8(18-7)12(16)17/h2-6H,1H3,(H,14,15)(H,16,17). The fourth-order valence-corrected chi connectivity index (χ4v) is 2.54. The van der Waals surface area contributed by atoms with Crippen LogP contribution in [0, 0.1) is 0 Å². The summed E-state index contributed by atoms with van der Waals surface area (Å²) in [5.41, 5.74) is 0. The number of aromatic carboxylic acids is 1. The number of hydrogen-bond donors (Lipinski definition) is 2. The number of carbonyl (C=O) groups excluding carboxylic acids is 1. The van der Waals surface area contributed by atoms with Gasteiger partial charge < -0.3 is 14.8 Å². The van der Waals surface area contributed by atoms with Crippen molar-refractivity contribution in [3.8, 4) is 0 Å². The minimum absolute atomic E-state index is 0.0353. The predicted octanol–water partition coefficient (Wildman–Crippen LogP) is 3.18. The molecule has 0 aliphatic heterocycles. The number of amides is 1. The second-order valence-electron chi connectivity index (χ2n) is 3.81. The van der Waals surface area contributed by atoms with Crippen LogP contribution >= 0.6 is 22.9 Å². The molecule has 100 valence electrons. The Balaban J connectivity index is 2.06. The third kappa shape index (κ3) is 3.15. The molecule has 0 bridgehead atoms. The van der Waals surface area contributed by atoms with Crippen molar-refractivity contribution in [2.75, 3.05) is 0 Å². The number of thiophene rings is 1. The van der Waals surface area contributed by atoms with E-state index in [1.807, 2.05) is 6.07 Å². The first kappa shape index (κ1) is 13.6. The van der Waals surface area contributed by atoms with Crippen LogP contribution in [-0.2, 0) is 0 Å². The van der Waals surface area contributed by atoms with Gasteiger partial charge in [0, 0.05) is 4.88 Å². The van der Waals surface area contributed by atoms with Crippen molar-refractivity contribution in [2.45, 2.75) is 13.0 Å². The molecule has 0 radical (unpaired) electrons. The van der Waals surface area contributed by atoms with E-state index >= 15 is 0 Å². The number of nitrogens with one attached hydrogen (secondary N) is 1. The predicted molar refractivity (Wildman–Crippen MR) is 70.9 cm³/mol. The summed E-state index contributed by atoms with van der Waals surface area (Å²) < 4.78 is 5.56. The van der Waals surface area contributed by atoms with Crippen LogP contribution in [0.4, 0.5) is 0 Å². The van der Waals surface area contributed by atoms with Crippen LogP contribution in [0.25, 0.3) is 0 Å². The van der Waals surface area contributed by atoms with Gasteiger partial charge in [-0.25, -0.2) is 4.79 Å². The topological polar surface area (TPSA) is 79.5 Å². The summed E-state index contributed by atoms with van der Waals surface area (Å²) in [6.07, 6.45) is 0. The lowest BCUT2D eigenvalue weighted by Gasteiger charge is -2.10. The zero-order chi connectivity index (χ0) is 14.0. The van der Waals surface area contributed by atoms with Crippen LogP contribution in [0.15, 0.2) is 28.7 Å². The van der Waals surface area contributed by atoms with E-state index in [4.69, 9.17) is 21.1 Å². The highest BCUT2D eigenvalue weighted by molar-refractivity contribution is 7.16. The number of hydrogen-bond acceptors (Lipinski definition) is 4. The molecule has 1 amide bonds. The summed E-state index contributed by atoms with van der Waals surface area (Å²) in [7, 11) is 0. The maximum Gasteiger partial charge on any atom is 0.371 e. The van der Waals surface area contributed by atoms with Crippen molar-refractivity contribution in [2.24, 2.45) is 0 Å². The Bertz CT molecular complexity index is 619. The molecular formula is C12H10ClNO4S. The zero-order valence-corrected chi connectivity index (χ0v) is 11.4. The fraction of sp³-hybridized carbons (Fsp3) is 0.167. The van der Waals surface area contributed by atoms with Gasteiger partial charge in [0.1, 0.15) is 0 Å². The molecule has 2 rings (SSSR count). The zero-order valence-electron chi connectivity index (χ0n) is 9.84. The van der Waals surface area contributed by atoms with Crippen LogP contribution in [0.2, 0.25) is 4.34 Å². The Hall–Kier alpha value is -1.79. The highest BCUT2D eigenvalue weighted by Gasteiger charge is 2.17. The van der Waals surface area contributed by atoms with Gasteiger partial charge in [0.25, 0.3) is 5.91 Å². The summed E-state index contributed by atoms with van der Waals surface area (Å²) in [5, 5.41) is 11.4. The highest BCUT2D eigenvalue weighted by Crippen LogP contribution is 2.26. The second kappa shape index (κ2) is 5.46. The van der Waals surface area contributed by atoms with E-state index in [0.717, 1.165) is 4.88 Å². The maximum atomic E-state index is 11.8. The van der Waals surface area contributed by atoms with Gasteiger partial charge in [0.05, 0.1) is 10.4 Å². The van der Waals surface area contributed by atoms with Gasteiger partial charge in [-0.15, -0.1) is 11.3 Å². The van der Waals surface area contributed by atoms with Crippen LogP contribution < -0.4 is 5.32 Å². The smallest absolute Gasteiger partial charge is 0.371 e. The van der Waals surface area contributed by atoms with Crippen molar-refractivity contribution in [1.82, 2.24) is 5.32 Å². The Kier molecular flexibility index (Phi) is 3.92. The van der Waals surface area contributed by atoms with Crippen LogP contribution in [-0.4, -0.2) is 17.0 Å². The molecule has 0 spiro atoms. The average Bonchev–Trinajstić information content (AvgIpc) is 2.96. The van der Waals surface area contributed by atoms with Crippen LogP contribution in [0.1, 0.15) is 39.0 Å². The van der Waals surface area contributed by atoms with E-state index in [1.165, 1.54) is 23.5 Å². The second-order valence-corrected chi connectivity index (χ2v) is 5.55. The molecule has 1 unspecified atom stereocenters. The Morgan fingerprint density at radius 1 is 1.32 bits per heavy atom. The Morgan fingerprint density at radius 2 is 2.00 bits per heavy atom. The van der Waals surface area contributed by atoms with Crippen LogP contribution in [0.5, 0.6) is 0 Å². The fourth-order valence-electron chi connectivity index (χ4n) is 1.47. The first-order valence-corrected chi connectivity index (χ1v) is 6.56. The SMILES string of the molecule is CC(NC(=O)c1ccc(C(=O)O)o1)c1ccc(Cl)s1. The van der Waals surface area contributed by atoms with Crippen molar-refractivity contribution in [3.05, 3.63) is 45.0 Å². The molecular weight excluding hydrogens is 290 g/mol. The van der Waals surface area contributed by atoms with Gasteiger partial charge in [0.2, 0.25) is 5.76 Å². The average molecular weight is 300 g/mol. The highest BCUT2D eigenvalue weighted by atomic mass is 35.5. The molecule has 0 aliphatic rings. The Labute approximate surface area is 117 Å². The molecule has 2 heterocycles. The molecule has 0 aliphatic carbocycles. The molecule has 5 nitrogen and oxygen atoms in total. The summed E-state index contributed by atoms with van der Waals surface area (Å²) >= 11 is 7.19. The Morgan fingerprint density at radius 3 is 2.53 bits per heavy atom. The first-order chi connectivity index (χ1) is 8.97. The molecule has 1 atom stereocenters. The summed E-state index contributed by atoms with van der Waals surface area (Å²) in [5.74, 6) is -1.98. The number of halogens is 1. The minimum Gasteiger partial charge on any atom is -0.475 e. The molecule has 0 saturated heterocycles. The monoisotopic (exact) mass is 299 g/mol. The van der Waals surface area contributed by atoms with E-state index in [9.17, 15) is 9.59 Å². The molecule has 2 N–H and O–H groups in total. The number of carbonyl (C=O) groups is 2. The van der Waals surface area contributed by atoms with E-state index in [2.05, 4.69) is 5.32 Å². The summed E-state index contributed by atoms with van der Waals surface area (Å²) in [6.45, 7) is 1.81. The number of carboxylic acids is 1. The van der Waals surface area contributed by atoms with Crippen LogP contribution in [0.3, 0.4) is 0 Å². The lowest BCUT2D eigenvalue weighted by atomic mass is 10.2. The van der Waals surface area contributed by atoms with Gasteiger partial charge >= 0.3 is 5.97 Å². The van der Waals surface area contributed by atoms with Gasteiger partial charge in [0.15, 0.2) is 5.76 Å². The number of carboxylic acid groups (broad SMARTS) is 1. The molecule has 0 aromatic carbocycles. The molecule has 0 fully saturated rings. The van der Waals surface area contributed by atoms with E-state index in [1.54, 1.807) is 13.0 Å². The molecule has 2 aromatic rings. The third-order valence-corrected chi connectivity index (χ3v) is 3.82. The van der Waals surface area contributed by atoms with Gasteiger partial charge in [-0.1, -0.05) is 11.6 Å². The van der Waals surface area contributed by atoms with Gasteiger partial charge in [-0.2, -0.15) is 0 Å². The van der Waals surface area contributed by atoms with Gasteiger partial charge in [-0.05, 0) is 31.2 Å². The third-order valence-electron chi connectivity index (χ3n) is 2.41. The van der Waals surface area contributed by atoms with E-state index in [-0.39, 0.29) is 17.6 Å². The molecule has 7 heteroatoms. The number of rotatable bonds is 4. The quantitative estimate of drug-likeness (QED) is 0.908. The van der Waals surface area contributed by atoms with Gasteiger partial charge in [-0.3, -0.25) is 4.79 Å². The summed E-state index contributed by atoms with van der Waals surface area (Å²) in [4.78, 5) is 23.4. The largest absolute Gasteiger partial charge is 0.475 e. The normalized spacial score (nSPS) is 12.1. The van der Waals surface area contributed by atoms with Crippen molar-refractivity contribution in [1.29, 1.82) is 0 Å². The first-order valence-electron chi connectivity index (χ1n) is 5.36. The lowest BCUT2D eigenvalue weighted by molar-refractivity contribution is 0.0659. The number of furan rings is 1. The lowest BCUT2D eigenvalue weighted by Crippen LogP contribution is -2.25. The van der Waals surface area contributed by atoms with Crippen molar-refractivity contribution >= 4 is 34.8 Å². The summed E-state index contributed by atoms with van der Waals surface area (Å²) in [6, 6.07) is 5.91. The maximum absolute atomic E-state index is 11.8. The van der Waals surface area contributed by atoms with Crippen molar-refractivity contribution in [3.63, 3.8) is 0 Å². The molecule has 19 heavy (non-hydrogen) atoms. The molecule has 0 saturated carbocycles. The molecule has 2 aromatic heterocycles.